The fraction of sp³-hybridized carbons (Fsp3) is 0.467. The normalized spacial score (nSPS) is 13.1. The Kier molecular flexibility index (Phi) is 4.67. The SMILES string of the molecule is CCCC(CC)NCc1c(Cl)oc2ccccc12. The van der Waals surface area contributed by atoms with E-state index in [1.165, 1.54) is 12.8 Å². The summed E-state index contributed by atoms with van der Waals surface area (Å²) < 4.78 is 5.55. The van der Waals surface area contributed by atoms with Crippen LogP contribution in [-0.4, -0.2) is 6.04 Å². The number of para-hydroxylation sites is 1. The van der Waals surface area contributed by atoms with Crippen LogP contribution in [0.5, 0.6) is 0 Å². The minimum Gasteiger partial charge on any atom is -0.444 e. The van der Waals surface area contributed by atoms with Gasteiger partial charge in [0.05, 0.1) is 0 Å². The van der Waals surface area contributed by atoms with Gasteiger partial charge in [0.1, 0.15) is 5.58 Å². The van der Waals surface area contributed by atoms with Crippen LogP contribution in [0.1, 0.15) is 38.7 Å². The number of benzene rings is 1. The summed E-state index contributed by atoms with van der Waals surface area (Å²) in [5, 5.41) is 5.18. The van der Waals surface area contributed by atoms with Crippen LogP contribution in [0.15, 0.2) is 28.7 Å². The summed E-state index contributed by atoms with van der Waals surface area (Å²) >= 11 is 6.16. The molecule has 1 aromatic heterocycles. The maximum absolute atomic E-state index is 6.16. The van der Waals surface area contributed by atoms with Crippen molar-refractivity contribution in [2.75, 3.05) is 0 Å². The number of halogens is 1. The van der Waals surface area contributed by atoms with Crippen molar-refractivity contribution in [2.24, 2.45) is 0 Å². The summed E-state index contributed by atoms with van der Waals surface area (Å²) in [6.07, 6.45) is 3.54. The molecule has 2 rings (SSSR count). The molecule has 0 amide bonds. The van der Waals surface area contributed by atoms with Crippen LogP contribution in [0.4, 0.5) is 0 Å². The van der Waals surface area contributed by atoms with Crippen molar-refractivity contribution in [1.82, 2.24) is 5.32 Å². The molecule has 2 nitrogen and oxygen atoms in total. The highest BCUT2D eigenvalue weighted by Gasteiger charge is 2.13. The summed E-state index contributed by atoms with van der Waals surface area (Å²) in [4.78, 5) is 0. The molecule has 18 heavy (non-hydrogen) atoms. The highest BCUT2D eigenvalue weighted by Crippen LogP contribution is 2.29. The maximum atomic E-state index is 6.16. The van der Waals surface area contributed by atoms with E-state index in [0.717, 1.165) is 29.5 Å². The zero-order valence-corrected chi connectivity index (χ0v) is 11.8. The predicted molar refractivity (Wildman–Crippen MR) is 77.1 cm³/mol. The molecule has 0 aliphatic carbocycles. The highest BCUT2D eigenvalue weighted by atomic mass is 35.5. The monoisotopic (exact) mass is 265 g/mol. The molecule has 0 aliphatic heterocycles. The molecule has 1 heterocycles. The van der Waals surface area contributed by atoms with Crippen LogP contribution in [0, 0.1) is 0 Å². The van der Waals surface area contributed by atoms with Crippen LogP contribution in [-0.2, 0) is 6.54 Å². The quantitative estimate of drug-likeness (QED) is 0.815. The first-order valence-corrected chi connectivity index (χ1v) is 7.03. The molecule has 0 radical (unpaired) electrons. The third kappa shape index (κ3) is 2.88. The molecule has 0 spiro atoms. The van der Waals surface area contributed by atoms with Crippen LogP contribution in [0.3, 0.4) is 0 Å². The Morgan fingerprint density at radius 2 is 2.06 bits per heavy atom. The van der Waals surface area contributed by atoms with E-state index in [1.807, 2.05) is 18.2 Å². The highest BCUT2D eigenvalue weighted by molar-refractivity contribution is 6.30. The van der Waals surface area contributed by atoms with Gasteiger partial charge in [0.15, 0.2) is 5.22 Å². The van der Waals surface area contributed by atoms with Crippen molar-refractivity contribution >= 4 is 22.6 Å². The minimum absolute atomic E-state index is 0.509. The number of hydrogen-bond acceptors (Lipinski definition) is 2. The lowest BCUT2D eigenvalue weighted by Gasteiger charge is -2.15. The Hall–Kier alpha value is -0.990. The van der Waals surface area contributed by atoms with E-state index in [0.29, 0.717) is 11.3 Å². The van der Waals surface area contributed by atoms with E-state index in [4.69, 9.17) is 16.0 Å². The summed E-state index contributed by atoms with van der Waals surface area (Å²) in [5.74, 6) is 0. The van der Waals surface area contributed by atoms with Gasteiger partial charge in [-0.1, -0.05) is 38.5 Å². The number of rotatable bonds is 6. The summed E-state index contributed by atoms with van der Waals surface area (Å²) in [5.41, 5.74) is 1.93. The molecule has 3 heteroatoms. The molecule has 1 unspecified atom stereocenters. The Morgan fingerprint density at radius 1 is 1.28 bits per heavy atom. The molecule has 2 aromatic rings. The van der Waals surface area contributed by atoms with E-state index in [9.17, 15) is 0 Å². The van der Waals surface area contributed by atoms with Crippen molar-refractivity contribution in [3.63, 3.8) is 0 Å². The van der Waals surface area contributed by atoms with E-state index in [2.05, 4.69) is 25.2 Å². The summed E-state index contributed by atoms with van der Waals surface area (Å²) in [6, 6.07) is 8.54. The van der Waals surface area contributed by atoms with Gasteiger partial charge >= 0.3 is 0 Å². The van der Waals surface area contributed by atoms with Crippen molar-refractivity contribution in [3.8, 4) is 0 Å². The van der Waals surface area contributed by atoms with Gasteiger partial charge < -0.3 is 9.73 Å². The first-order valence-electron chi connectivity index (χ1n) is 6.65. The average Bonchev–Trinajstić information content (AvgIpc) is 2.70. The van der Waals surface area contributed by atoms with Gasteiger partial charge in [-0.15, -0.1) is 0 Å². The Balaban J connectivity index is 2.13. The van der Waals surface area contributed by atoms with Gasteiger partial charge in [-0.3, -0.25) is 0 Å². The van der Waals surface area contributed by atoms with Gasteiger partial charge in [0, 0.05) is 23.5 Å². The molecular formula is C15H20ClNO. The molecule has 1 N–H and O–H groups in total. The molecule has 0 saturated heterocycles. The van der Waals surface area contributed by atoms with Crippen molar-refractivity contribution in [1.29, 1.82) is 0 Å². The van der Waals surface area contributed by atoms with Gasteiger partial charge in [0.25, 0.3) is 0 Å². The first-order chi connectivity index (χ1) is 8.76. The zero-order valence-electron chi connectivity index (χ0n) is 11.0. The lowest BCUT2D eigenvalue weighted by atomic mass is 10.1. The van der Waals surface area contributed by atoms with E-state index < -0.39 is 0 Å². The average molecular weight is 266 g/mol. The Morgan fingerprint density at radius 3 is 2.78 bits per heavy atom. The van der Waals surface area contributed by atoms with Crippen LogP contribution in [0.25, 0.3) is 11.0 Å². The van der Waals surface area contributed by atoms with Crippen molar-refractivity contribution in [2.45, 2.75) is 45.7 Å². The van der Waals surface area contributed by atoms with Gasteiger partial charge in [-0.25, -0.2) is 0 Å². The second-order valence-corrected chi connectivity index (χ2v) is 4.97. The second-order valence-electron chi connectivity index (χ2n) is 4.63. The smallest absolute Gasteiger partial charge is 0.199 e. The van der Waals surface area contributed by atoms with Crippen LogP contribution < -0.4 is 5.32 Å². The molecule has 0 saturated carbocycles. The third-order valence-electron chi connectivity index (χ3n) is 3.35. The molecule has 0 aliphatic rings. The molecule has 1 aromatic carbocycles. The van der Waals surface area contributed by atoms with E-state index in [-0.39, 0.29) is 0 Å². The zero-order chi connectivity index (χ0) is 13.0. The topological polar surface area (TPSA) is 25.2 Å². The van der Waals surface area contributed by atoms with Gasteiger partial charge in [-0.05, 0) is 30.5 Å². The van der Waals surface area contributed by atoms with E-state index in [1.54, 1.807) is 0 Å². The third-order valence-corrected chi connectivity index (χ3v) is 3.65. The predicted octanol–water partition coefficient (Wildman–Crippen LogP) is 4.75. The standard InChI is InChI=1S/C15H20ClNO/c1-3-7-11(4-2)17-10-13-12-8-5-6-9-14(12)18-15(13)16/h5-6,8-9,11,17H,3-4,7,10H2,1-2H3. The van der Waals surface area contributed by atoms with Crippen LogP contribution >= 0.6 is 11.6 Å². The van der Waals surface area contributed by atoms with Gasteiger partial charge in [0.2, 0.25) is 0 Å². The lowest BCUT2D eigenvalue weighted by molar-refractivity contribution is 0.461. The lowest BCUT2D eigenvalue weighted by Crippen LogP contribution is -2.27. The number of fused-ring (bicyclic) bond motifs is 1. The molecule has 98 valence electrons. The fourth-order valence-corrected chi connectivity index (χ4v) is 2.53. The largest absolute Gasteiger partial charge is 0.444 e. The molecule has 0 fully saturated rings. The first kappa shape index (κ1) is 13.4. The fourth-order valence-electron chi connectivity index (χ4n) is 2.28. The number of furan rings is 1. The minimum atomic E-state index is 0.509. The second kappa shape index (κ2) is 6.26. The van der Waals surface area contributed by atoms with Crippen molar-refractivity contribution < 1.29 is 4.42 Å². The summed E-state index contributed by atoms with van der Waals surface area (Å²) in [7, 11) is 0. The number of hydrogen-bond donors (Lipinski definition) is 1. The molecule has 1 atom stereocenters. The maximum Gasteiger partial charge on any atom is 0.199 e. The Bertz CT molecular complexity index is 506. The summed E-state index contributed by atoms with van der Waals surface area (Å²) in [6.45, 7) is 5.20. The van der Waals surface area contributed by atoms with Crippen LogP contribution in [0.2, 0.25) is 5.22 Å². The number of nitrogens with one attached hydrogen (secondary N) is 1. The van der Waals surface area contributed by atoms with Crippen molar-refractivity contribution in [3.05, 3.63) is 35.0 Å². The Labute approximate surface area is 113 Å². The molecule has 0 bridgehead atoms. The van der Waals surface area contributed by atoms with Gasteiger partial charge in [-0.2, -0.15) is 0 Å². The molecular weight excluding hydrogens is 246 g/mol. The van der Waals surface area contributed by atoms with E-state index >= 15 is 0 Å².